The van der Waals surface area contributed by atoms with Crippen LogP contribution in [0.3, 0.4) is 0 Å². The molecule has 0 bridgehead atoms. The highest BCUT2D eigenvalue weighted by Gasteiger charge is 2.35. The Balaban J connectivity index is 1.40. The predicted molar refractivity (Wildman–Crippen MR) is 202 cm³/mol. The molecule has 50 heavy (non-hydrogen) atoms. The minimum Gasteiger partial charge on any atom is -0.441 e. The molecule has 6 nitrogen and oxygen atoms in total. The van der Waals surface area contributed by atoms with Gasteiger partial charge in [-0.3, -0.25) is 0 Å². The summed E-state index contributed by atoms with van der Waals surface area (Å²) in [6.07, 6.45) is 11.3. The summed E-state index contributed by atoms with van der Waals surface area (Å²) in [5.74, 6) is 2.82. The number of thioether (sulfide) groups is 1. The molecule has 3 aromatic carbocycles. The molecule has 2 saturated carbocycles. The van der Waals surface area contributed by atoms with Gasteiger partial charge in [0, 0.05) is 21.6 Å². The number of aliphatic imine (C=N–C) groups is 1. The summed E-state index contributed by atoms with van der Waals surface area (Å²) >= 11 is 15.3. The van der Waals surface area contributed by atoms with E-state index in [0.29, 0.717) is 50.5 Å². The SMILES string of the molecule is [C-]#[N+]c1ccc(Oc2cc(C3CCCCC3)c(/C(Sc3ccc(Cl)cc3)=C3\N=C(Oc4ccc(C#N)cc4)C(Cl)=C3C3CCCCC3)[nH]2)cc1. The maximum atomic E-state index is 9.31. The number of rotatable bonds is 8. The lowest BCUT2D eigenvalue weighted by atomic mass is 9.81. The average molecular weight is 720 g/mol. The highest BCUT2D eigenvalue weighted by atomic mass is 35.5. The Kier molecular flexibility index (Phi) is 10.7. The number of nitrogens with zero attached hydrogens (tertiary/aromatic N) is 3. The number of aromatic amines is 1. The van der Waals surface area contributed by atoms with Crippen LogP contribution in [0.4, 0.5) is 5.69 Å². The second-order valence-corrected chi connectivity index (χ2v) is 14.9. The van der Waals surface area contributed by atoms with E-state index in [2.05, 4.69) is 22.0 Å². The van der Waals surface area contributed by atoms with Gasteiger partial charge in [-0.25, -0.2) is 9.84 Å². The molecule has 2 fully saturated rings. The van der Waals surface area contributed by atoms with Crippen molar-refractivity contribution in [1.82, 2.24) is 4.98 Å². The van der Waals surface area contributed by atoms with Crippen molar-refractivity contribution >= 4 is 51.5 Å². The maximum Gasteiger partial charge on any atom is 0.239 e. The third-order valence-corrected chi connectivity index (χ3v) is 11.4. The van der Waals surface area contributed by atoms with Gasteiger partial charge in [-0.15, -0.1) is 0 Å². The van der Waals surface area contributed by atoms with Gasteiger partial charge in [0.1, 0.15) is 16.5 Å². The summed E-state index contributed by atoms with van der Waals surface area (Å²) in [6.45, 7) is 7.33. The minimum atomic E-state index is 0.239. The van der Waals surface area contributed by atoms with E-state index in [4.69, 9.17) is 44.2 Å². The van der Waals surface area contributed by atoms with Crippen LogP contribution in [0.15, 0.2) is 105 Å². The molecule has 2 aliphatic carbocycles. The first-order valence-corrected chi connectivity index (χ1v) is 18.8. The molecule has 0 saturated heterocycles. The van der Waals surface area contributed by atoms with Crippen LogP contribution in [0.5, 0.6) is 17.4 Å². The van der Waals surface area contributed by atoms with Crippen molar-refractivity contribution < 1.29 is 9.47 Å². The van der Waals surface area contributed by atoms with E-state index in [-0.39, 0.29) is 5.92 Å². The Morgan fingerprint density at radius 3 is 2.08 bits per heavy atom. The average Bonchev–Trinajstić information content (AvgIpc) is 3.73. The molecule has 0 radical (unpaired) electrons. The van der Waals surface area contributed by atoms with Crippen LogP contribution in [0.25, 0.3) is 9.75 Å². The number of aromatic nitrogens is 1. The van der Waals surface area contributed by atoms with E-state index in [1.165, 1.54) is 31.2 Å². The predicted octanol–water partition coefficient (Wildman–Crippen LogP) is 13.0. The standard InChI is InChI=1S/C41H36Cl2N4O2S/c1-45-30-16-20-31(21-17-30)48-35-24-34(27-8-4-2-5-9-27)38(46-35)40(50-33-22-14-29(42)15-23-33)39-36(28-10-6-3-7-11-28)37(43)41(47-39)49-32-18-12-26(25-44)13-19-32/h12-24,27-28,46H,2-11H2/b40-39+. The van der Waals surface area contributed by atoms with Crippen LogP contribution < -0.4 is 9.47 Å². The summed E-state index contributed by atoms with van der Waals surface area (Å²) < 4.78 is 12.8. The molecule has 4 aromatic rings. The van der Waals surface area contributed by atoms with Crippen LogP contribution in [0.1, 0.15) is 86.9 Å². The fourth-order valence-electron chi connectivity index (χ4n) is 7.12. The lowest BCUT2D eigenvalue weighted by Crippen LogP contribution is -2.13. The molecular formula is C41H36Cl2N4O2S. The Labute approximate surface area is 307 Å². The highest BCUT2D eigenvalue weighted by molar-refractivity contribution is 8.08. The lowest BCUT2D eigenvalue weighted by molar-refractivity contribution is 0.406. The Morgan fingerprint density at radius 1 is 0.820 bits per heavy atom. The first-order chi connectivity index (χ1) is 24.5. The van der Waals surface area contributed by atoms with Crippen LogP contribution in [0, 0.1) is 23.8 Å². The molecule has 0 unspecified atom stereocenters. The number of hydrogen-bond donors (Lipinski definition) is 1. The first kappa shape index (κ1) is 34.1. The number of halogens is 2. The van der Waals surface area contributed by atoms with Gasteiger partial charge in [0.2, 0.25) is 5.90 Å². The number of nitriles is 1. The molecule has 3 aliphatic rings. The zero-order chi connectivity index (χ0) is 34.5. The molecule has 1 N–H and O–H groups in total. The minimum absolute atomic E-state index is 0.239. The van der Waals surface area contributed by atoms with E-state index in [9.17, 15) is 5.26 Å². The van der Waals surface area contributed by atoms with E-state index in [1.807, 2.05) is 36.4 Å². The monoisotopic (exact) mass is 718 g/mol. The van der Waals surface area contributed by atoms with E-state index >= 15 is 0 Å². The number of nitrogens with one attached hydrogen (secondary N) is 1. The summed E-state index contributed by atoms with van der Waals surface area (Å²) in [5, 5.41) is 10.5. The van der Waals surface area contributed by atoms with E-state index in [0.717, 1.165) is 65.3 Å². The summed E-state index contributed by atoms with van der Waals surface area (Å²) in [5.41, 5.74) is 5.14. The zero-order valence-electron chi connectivity index (χ0n) is 27.6. The Bertz CT molecular complexity index is 2020. The van der Waals surface area contributed by atoms with E-state index in [1.54, 1.807) is 48.2 Å². The van der Waals surface area contributed by atoms with Gasteiger partial charge in [-0.05, 0) is 104 Å². The van der Waals surface area contributed by atoms with Crippen molar-refractivity contribution in [3.05, 3.63) is 128 Å². The summed E-state index contributed by atoms with van der Waals surface area (Å²) in [7, 11) is 0. The number of benzene rings is 3. The first-order valence-electron chi connectivity index (χ1n) is 17.2. The molecule has 0 spiro atoms. The second-order valence-electron chi connectivity index (χ2n) is 13.0. The molecular weight excluding hydrogens is 683 g/mol. The van der Waals surface area contributed by atoms with Crippen molar-refractivity contribution in [3.8, 4) is 23.4 Å². The van der Waals surface area contributed by atoms with Crippen LogP contribution >= 0.6 is 35.0 Å². The Morgan fingerprint density at radius 2 is 1.44 bits per heavy atom. The van der Waals surface area contributed by atoms with Gasteiger partial charge >= 0.3 is 0 Å². The van der Waals surface area contributed by atoms with Crippen molar-refractivity contribution in [2.24, 2.45) is 10.9 Å². The highest BCUT2D eigenvalue weighted by Crippen LogP contribution is 2.50. The molecule has 7 rings (SSSR count). The number of allylic oxidation sites excluding steroid dienone is 1. The quantitative estimate of drug-likeness (QED) is 0.145. The van der Waals surface area contributed by atoms with Crippen LogP contribution in [-0.4, -0.2) is 10.9 Å². The molecule has 1 aromatic heterocycles. The number of hydrogen-bond acceptors (Lipinski definition) is 5. The Hall–Kier alpha value is -4.40. The smallest absolute Gasteiger partial charge is 0.239 e. The topological polar surface area (TPSA) is 74.8 Å². The van der Waals surface area contributed by atoms with Gasteiger partial charge in [0.05, 0.1) is 34.5 Å². The molecule has 1 aliphatic heterocycles. The summed E-state index contributed by atoms with van der Waals surface area (Å²) in [6, 6.07) is 26.4. The molecule has 2 heterocycles. The van der Waals surface area contributed by atoms with Crippen molar-refractivity contribution in [2.45, 2.75) is 75.0 Å². The van der Waals surface area contributed by atoms with Gasteiger partial charge < -0.3 is 14.5 Å². The third-order valence-electron chi connectivity index (χ3n) is 9.64. The number of H-pyrrole nitrogens is 1. The number of ether oxygens (including phenoxy) is 2. The fourth-order valence-corrected chi connectivity index (χ4v) is 8.60. The normalized spacial score (nSPS) is 18.0. The van der Waals surface area contributed by atoms with Crippen LogP contribution in [0.2, 0.25) is 5.02 Å². The van der Waals surface area contributed by atoms with Crippen molar-refractivity contribution in [3.63, 3.8) is 0 Å². The molecule has 9 heteroatoms. The molecule has 0 amide bonds. The van der Waals surface area contributed by atoms with Crippen LogP contribution in [-0.2, 0) is 0 Å². The van der Waals surface area contributed by atoms with Gasteiger partial charge in [0.25, 0.3) is 0 Å². The second kappa shape index (κ2) is 15.7. The largest absolute Gasteiger partial charge is 0.441 e. The van der Waals surface area contributed by atoms with E-state index < -0.39 is 0 Å². The molecule has 0 atom stereocenters. The van der Waals surface area contributed by atoms with Crippen molar-refractivity contribution in [1.29, 1.82) is 5.26 Å². The van der Waals surface area contributed by atoms with Crippen molar-refractivity contribution in [2.75, 3.05) is 0 Å². The fraction of sp³-hybridized carbons (Fsp3) is 0.293. The molecule has 252 valence electrons. The van der Waals surface area contributed by atoms with Gasteiger partial charge in [0.15, 0.2) is 11.6 Å². The lowest BCUT2D eigenvalue weighted by Gasteiger charge is -2.26. The maximum absolute atomic E-state index is 9.31. The zero-order valence-corrected chi connectivity index (χ0v) is 29.9. The summed E-state index contributed by atoms with van der Waals surface area (Å²) in [4.78, 5) is 14.4. The third kappa shape index (κ3) is 7.67. The van der Waals surface area contributed by atoms with Gasteiger partial charge in [-0.2, -0.15) is 5.26 Å². The van der Waals surface area contributed by atoms with Gasteiger partial charge in [-0.1, -0.05) is 85.6 Å².